The Hall–Kier alpha value is -1.49. The van der Waals surface area contributed by atoms with Crippen molar-refractivity contribution in [1.29, 1.82) is 5.26 Å². The van der Waals surface area contributed by atoms with E-state index in [1.165, 1.54) is 11.1 Å². The maximum Gasteiger partial charge on any atom is 0.286 e. The lowest BCUT2D eigenvalue weighted by atomic mass is 10.0. The molecule has 14 heavy (non-hydrogen) atoms. The van der Waals surface area contributed by atoms with Crippen molar-refractivity contribution in [3.63, 3.8) is 0 Å². The van der Waals surface area contributed by atoms with Gasteiger partial charge in [-0.15, -0.1) is 0 Å². The Balaban J connectivity index is 2.98. The predicted molar refractivity (Wildman–Crippen MR) is 55.6 cm³/mol. The van der Waals surface area contributed by atoms with Gasteiger partial charge in [0.15, 0.2) is 0 Å². The Morgan fingerprint density at radius 1 is 1.29 bits per heavy atom. The summed E-state index contributed by atoms with van der Waals surface area (Å²) in [6.45, 7) is 6.12. The molecule has 0 saturated carbocycles. The molecule has 0 aliphatic rings. The zero-order valence-electron chi connectivity index (χ0n) is 8.87. The fraction of sp³-hybridized carbons (Fsp3) is 0.417. The molecule has 74 valence electrons. The maximum atomic E-state index is 8.50. The molecule has 0 saturated heterocycles. The standard InChI is InChI=1S/C12H15NO/c1-4-12(14-8-13)11-6-9(2)5-10(3)7-11/h5-7,12H,4H2,1-3H3/t12-/m1/s1. The Labute approximate surface area is 85.1 Å². The molecular formula is C12H15NO. The summed E-state index contributed by atoms with van der Waals surface area (Å²) in [5, 5.41) is 8.50. The third-order valence-electron chi connectivity index (χ3n) is 2.18. The van der Waals surface area contributed by atoms with Crippen LogP contribution in [0.4, 0.5) is 0 Å². The number of aryl methyl sites for hydroxylation is 2. The summed E-state index contributed by atoms with van der Waals surface area (Å²) >= 11 is 0. The van der Waals surface area contributed by atoms with Crippen molar-refractivity contribution in [1.82, 2.24) is 0 Å². The van der Waals surface area contributed by atoms with E-state index in [4.69, 9.17) is 10.00 Å². The molecule has 0 spiro atoms. The van der Waals surface area contributed by atoms with E-state index in [-0.39, 0.29) is 6.10 Å². The Bertz CT molecular complexity index is 332. The molecular weight excluding hydrogens is 174 g/mol. The van der Waals surface area contributed by atoms with Crippen molar-refractivity contribution in [2.45, 2.75) is 33.3 Å². The van der Waals surface area contributed by atoms with Crippen molar-refractivity contribution in [3.05, 3.63) is 34.9 Å². The van der Waals surface area contributed by atoms with Gasteiger partial charge in [-0.2, -0.15) is 5.26 Å². The van der Waals surface area contributed by atoms with E-state index in [1.54, 1.807) is 6.26 Å². The molecule has 2 heteroatoms. The third kappa shape index (κ3) is 2.50. The van der Waals surface area contributed by atoms with Crippen molar-refractivity contribution < 1.29 is 4.74 Å². The first-order valence-corrected chi connectivity index (χ1v) is 4.80. The molecule has 1 atom stereocenters. The Morgan fingerprint density at radius 2 is 1.86 bits per heavy atom. The fourth-order valence-electron chi connectivity index (χ4n) is 1.65. The van der Waals surface area contributed by atoms with Crippen molar-refractivity contribution in [3.8, 4) is 6.26 Å². The third-order valence-corrected chi connectivity index (χ3v) is 2.18. The van der Waals surface area contributed by atoms with Gasteiger partial charge in [0.25, 0.3) is 6.26 Å². The van der Waals surface area contributed by atoms with Gasteiger partial charge < -0.3 is 4.74 Å². The molecule has 0 unspecified atom stereocenters. The van der Waals surface area contributed by atoms with Crippen LogP contribution in [0, 0.1) is 25.4 Å². The van der Waals surface area contributed by atoms with E-state index in [0.29, 0.717) is 0 Å². The molecule has 0 fully saturated rings. The second-order valence-electron chi connectivity index (χ2n) is 3.53. The fourth-order valence-corrected chi connectivity index (χ4v) is 1.65. The largest absolute Gasteiger partial charge is 0.419 e. The lowest BCUT2D eigenvalue weighted by Gasteiger charge is -2.13. The van der Waals surface area contributed by atoms with Crippen LogP contribution in [0.1, 0.15) is 36.1 Å². The van der Waals surface area contributed by atoms with Crippen LogP contribution >= 0.6 is 0 Å². The average Bonchev–Trinajstić information content (AvgIpc) is 2.12. The molecule has 1 rings (SSSR count). The molecule has 0 N–H and O–H groups in total. The summed E-state index contributed by atoms with van der Waals surface area (Å²) in [5.41, 5.74) is 3.51. The Morgan fingerprint density at radius 3 is 2.29 bits per heavy atom. The van der Waals surface area contributed by atoms with Crippen LogP contribution in [0.25, 0.3) is 0 Å². The van der Waals surface area contributed by atoms with Crippen molar-refractivity contribution in [2.24, 2.45) is 0 Å². The zero-order valence-corrected chi connectivity index (χ0v) is 8.87. The van der Waals surface area contributed by atoms with Crippen molar-refractivity contribution in [2.75, 3.05) is 0 Å². The molecule has 1 aromatic rings. The van der Waals surface area contributed by atoms with Crippen LogP contribution < -0.4 is 0 Å². The number of hydrogen-bond donors (Lipinski definition) is 0. The van der Waals surface area contributed by atoms with Gasteiger partial charge in [0.2, 0.25) is 0 Å². The number of rotatable bonds is 3. The van der Waals surface area contributed by atoms with Crippen LogP contribution in [-0.2, 0) is 4.74 Å². The van der Waals surface area contributed by atoms with Crippen molar-refractivity contribution >= 4 is 0 Å². The summed E-state index contributed by atoms with van der Waals surface area (Å²) in [4.78, 5) is 0. The van der Waals surface area contributed by atoms with Gasteiger partial charge in [0.1, 0.15) is 6.10 Å². The molecule has 0 radical (unpaired) electrons. The molecule has 0 heterocycles. The number of ether oxygens (including phenoxy) is 1. The normalized spacial score (nSPS) is 11.9. The molecule has 1 aromatic carbocycles. The van der Waals surface area contributed by atoms with E-state index < -0.39 is 0 Å². The highest BCUT2D eigenvalue weighted by Crippen LogP contribution is 2.22. The van der Waals surface area contributed by atoms with Gasteiger partial charge in [0.05, 0.1) is 0 Å². The van der Waals surface area contributed by atoms with Gasteiger partial charge in [0, 0.05) is 0 Å². The number of benzene rings is 1. The van der Waals surface area contributed by atoms with Crippen LogP contribution in [0.3, 0.4) is 0 Å². The SMILES string of the molecule is CC[C@@H](OC#N)c1cc(C)cc(C)c1. The highest BCUT2D eigenvalue weighted by molar-refractivity contribution is 5.30. The second-order valence-corrected chi connectivity index (χ2v) is 3.53. The lowest BCUT2D eigenvalue weighted by molar-refractivity contribution is 0.159. The van der Waals surface area contributed by atoms with Gasteiger partial charge in [-0.1, -0.05) is 36.2 Å². The van der Waals surface area contributed by atoms with E-state index >= 15 is 0 Å². The van der Waals surface area contributed by atoms with E-state index in [0.717, 1.165) is 12.0 Å². The first-order valence-electron chi connectivity index (χ1n) is 4.80. The molecule has 0 aromatic heterocycles. The molecule has 0 aliphatic heterocycles. The zero-order chi connectivity index (χ0) is 10.6. The highest BCUT2D eigenvalue weighted by atomic mass is 16.5. The summed E-state index contributed by atoms with van der Waals surface area (Å²) in [6.07, 6.45) is 2.47. The van der Waals surface area contributed by atoms with Crippen LogP contribution in [0.15, 0.2) is 18.2 Å². The number of nitriles is 1. The number of hydrogen-bond acceptors (Lipinski definition) is 2. The first kappa shape index (κ1) is 10.6. The Kier molecular flexibility index (Phi) is 3.53. The van der Waals surface area contributed by atoms with Gasteiger partial charge >= 0.3 is 0 Å². The molecule has 0 amide bonds. The predicted octanol–water partition coefficient (Wildman–Crippen LogP) is 3.25. The minimum Gasteiger partial charge on any atom is -0.419 e. The summed E-state index contributed by atoms with van der Waals surface area (Å²) in [5.74, 6) is 0. The summed E-state index contributed by atoms with van der Waals surface area (Å²) < 4.78 is 4.99. The van der Waals surface area contributed by atoms with E-state index in [1.807, 2.05) is 6.92 Å². The number of nitrogens with zero attached hydrogens (tertiary/aromatic N) is 1. The lowest BCUT2D eigenvalue weighted by Crippen LogP contribution is -2.00. The van der Waals surface area contributed by atoms with E-state index in [2.05, 4.69) is 32.0 Å². The average molecular weight is 189 g/mol. The highest BCUT2D eigenvalue weighted by Gasteiger charge is 2.10. The second kappa shape index (κ2) is 4.66. The van der Waals surface area contributed by atoms with E-state index in [9.17, 15) is 0 Å². The monoisotopic (exact) mass is 189 g/mol. The molecule has 0 aliphatic carbocycles. The topological polar surface area (TPSA) is 33.0 Å². The quantitative estimate of drug-likeness (QED) is 0.684. The smallest absolute Gasteiger partial charge is 0.286 e. The summed E-state index contributed by atoms with van der Waals surface area (Å²) in [6, 6.07) is 6.25. The van der Waals surface area contributed by atoms with Gasteiger partial charge in [-0.25, -0.2) is 0 Å². The first-order chi connectivity index (χ1) is 6.67. The molecule has 0 bridgehead atoms. The van der Waals surface area contributed by atoms with Crippen LogP contribution in [-0.4, -0.2) is 0 Å². The van der Waals surface area contributed by atoms with Crippen LogP contribution in [0.5, 0.6) is 0 Å². The van der Waals surface area contributed by atoms with Gasteiger partial charge in [-0.05, 0) is 25.8 Å². The summed E-state index contributed by atoms with van der Waals surface area (Å²) in [7, 11) is 0. The van der Waals surface area contributed by atoms with Crippen LogP contribution in [0.2, 0.25) is 0 Å². The van der Waals surface area contributed by atoms with Gasteiger partial charge in [-0.3, -0.25) is 0 Å². The maximum absolute atomic E-state index is 8.50. The molecule has 2 nitrogen and oxygen atoms in total. The minimum atomic E-state index is -0.0985. The minimum absolute atomic E-state index is 0.0985.